The van der Waals surface area contributed by atoms with Crippen molar-refractivity contribution in [2.75, 3.05) is 0 Å². The fraction of sp³-hybridized carbons (Fsp3) is 0. The van der Waals surface area contributed by atoms with E-state index in [1.165, 1.54) is 12.7 Å². The predicted molar refractivity (Wildman–Crippen MR) is 40.6 cm³/mol. The molecule has 0 aliphatic carbocycles. The Balaban J connectivity index is 0.000000112. The molecule has 2 aromatic rings. The molecule has 4 nitrogen and oxygen atoms in total. The molecule has 0 saturated carbocycles. The average molecular weight is 148 g/mol. The summed E-state index contributed by atoms with van der Waals surface area (Å²) in [7, 11) is 0. The molecule has 0 aliphatic rings. The predicted octanol–water partition coefficient (Wildman–Crippen LogP) is 0.886. The van der Waals surface area contributed by atoms with Gasteiger partial charge in [0.25, 0.3) is 0 Å². The van der Waals surface area contributed by atoms with Crippen LogP contribution in [-0.4, -0.2) is 20.2 Å². The summed E-state index contributed by atoms with van der Waals surface area (Å²) in [5, 5.41) is 5.99. The topological polar surface area (TPSA) is 54.5 Å². The van der Waals surface area contributed by atoms with Crippen molar-refractivity contribution in [3.8, 4) is 0 Å². The maximum atomic E-state index is 3.78. The summed E-state index contributed by atoms with van der Waals surface area (Å²) in [6.07, 6.45) is 6.46. The minimum Gasteiger partial charge on any atom is -0.266 e. The minimum atomic E-state index is 1.44. The van der Waals surface area contributed by atoms with Crippen LogP contribution in [0.2, 0.25) is 0 Å². The number of hydrogen-bond acceptors (Lipinski definition) is 3. The number of nitrogens with zero attached hydrogens (tertiary/aromatic N) is 3. The summed E-state index contributed by atoms with van der Waals surface area (Å²) in [6.45, 7) is 0. The summed E-state index contributed by atoms with van der Waals surface area (Å²) in [5.41, 5.74) is 0. The Labute approximate surface area is 64.3 Å². The van der Waals surface area contributed by atoms with E-state index in [0.717, 1.165) is 0 Å². The highest BCUT2D eigenvalue weighted by Gasteiger charge is 1.58. The van der Waals surface area contributed by atoms with Crippen molar-refractivity contribution in [3.63, 3.8) is 0 Å². The van der Waals surface area contributed by atoms with Crippen LogP contribution in [-0.2, 0) is 0 Å². The first-order chi connectivity index (χ1) is 5.50. The van der Waals surface area contributed by atoms with Gasteiger partial charge in [0, 0.05) is 12.4 Å². The number of hydrogen-bond donors (Lipinski definition) is 1. The van der Waals surface area contributed by atoms with Gasteiger partial charge in [0.05, 0.1) is 0 Å². The van der Waals surface area contributed by atoms with Gasteiger partial charge in [0.15, 0.2) is 0 Å². The first-order valence-electron chi connectivity index (χ1n) is 3.14. The van der Waals surface area contributed by atoms with Gasteiger partial charge in [-0.25, -0.2) is 4.98 Å². The second kappa shape index (κ2) is 5.10. The number of H-pyrrole nitrogens is 1. The van der Waals surface area contributed by atoms with E-state index < -0.39 is 0 Å². The van der Waals surface area contributed by atoms with E-state index in [9.17, 15) is 0 Å². The van der Waals surface area contributed by atoms with E-state index in [-0.39, 0.29) is 0 Å². The third-order valence-corrected chi connectivity index (χ3v) is 0.898. The van der Waals surface area contributed by atoms with E-state index >= 15 is 0 Å². The Hall–Kier alpha value is -1.71. The fourth-order valence-corrected chi connectivity index (χ4v) is 0.479. The summed E-state index contributed by atoms with van der Waals surface area (Å²) >= 11 is 0. The fourth-order valence-electron chi connectivity index (χ4n) is 0.479. The molecule has 0 saturated heterocycles. The summed E-state index contributed by atoms with van der Waals surface area (Å²) in [6, 6.07) is 5.72. The molecule has 0 unspecified atom stereocenters. The Morgan fingerprint density at radius 1 is 0.909 bits per heavy atom. The highest BCUT2D eigenvalue weighted by atomic mass is 15.2. The van der Waals surface area contributed by atoms with Crippen molar-refractivity contribution in [3.05, 3.63) is 43.2 Å². The van der Waals surface area contributed by atoms with Crippen LogP contribution < -0.4 is 0 Å². The minimum absolute atomic E-state index is 1.44. The molecule has 0 amide bonds. The van der Waals surface area contributed by atoms with Gasteiger partial charge >= 0.3 is 0 Å². The number of aromatic nitrogens is 4. The molecule has 11 heavy (non-hydrogen) atoms. The lowest BCUT2D eigenvalue weighted by Gasteiger charge is -1.70. The standard InChI is InChI=1S/C5H5N.C2H3N3/c1-2-4-6-5-3-1;1-3-2-5-4-1/h1-5H;1-2H,(H,3,4,5). The largest absolute Gasteiger partial charge is 0.266 e. The van der Waals surface area contributed by atoms with Crippen molar-refractivity contribution >= 4 is 0 Å². The van der Waals surface area contributed by atoms with Crippen LogP contribution in [0.4, 0.5) is 0 Å². The maximum Gasteiger partial charge on any atom is 0.137 e. The van der Waals surface area contributed by atoms with Crippen molar-refractivity contribution in [1.29, 1.82) is 0 Å². The Bertz CT molecular complexity index is 196. The highest BCUT2D eigenvalue weighted by Crippen LogP contribution is 1.73. The number of rotatable bonds is 0. The maximum absolute atomic E-state index is 3.78. The Kier molecular flexibility index (Phi) is 3.43. The van der Waals surface area contributed by atoms with Gasteiger partial charge in [-0.15, -0.1) is 0 Å². The van der Waals surface area contributed by atoms with Crippen LogP contribution in [0.25, 0.3) is 0 Å². The molecule has 0 aliphatic heterocycles. The first-order valence-corrected chi connectivity index (χ1v) is 3.14. The molecule has 0 spiro atoms. The van der Waals surface area contributed by atoms with E-state index in [4.69, 9.17) is 0 Å². The summed E-state index contributed by atoms with van der Waals surface area (Å²) < 4.78 is 0. The third kappa shape index (κ3) is 3.80. The molecular weight excluding hydrogens is 140 g/mol. The van der Waals surface area contributed by atoms with Gasteiger partial charge in [-0.3, -0.25) is 10.1 Å². The van der Waals surface area contributed by atoms with Gasteiger partial charge in [-0.1, -0.05) is 6.07 Å². The van der Waals surface area contributed by atoms with Gasteiger partial charge in [0.2, 0.25) is 0 Å². The molecule has 0 atom stereocenters. The third-order valence-electron chi connectivity index (χ3n) is 0.898. The molecule has 0 fully saturated rings. The molecule has 0 radical (unpaired) electrons. The highest BCUT2D eigenvalue weighted by molar-refractivity contribution is 4.88. The lowest BCUT2D eigenvalue weighted by molar-refractivity contribution is 1.09. The van der Waals surface area contributed by atoms with Gasteiger partial charge in [-0.2, -0.15) is 5.10 Å². The van der Waals surface area contributed by atoms with Crippen LogP contribution in [0.15, 0.2) is 43.2 Å². The van der Waals surface area contributed by atoms with Crippen molar-refractivity contribution < 1.29 is 0 Å². The van der Waals surface area contributed by atoms with Crippen molar-refractivity contribution in [2.45, 2.75) is 0 Å². The van der Waals surface area contributed by atoms with Crippen LogP contribution in [0.5, 0.6) is 0 Å². The summed E-state index contributed by atoms with van der Waals surface area (Å²) in [4.78, 5) is 7.34. The van der Waals surface area contributed by atoms with E-state index in [2.05, 4.69) is 20.2 Å². The average Bonchev–Trinajstić information content (AvgIpc) is 2.64. The zero-order chi connectivity index (χ0) is 7.78. The Morgan fingerprint density at radius 2 is 1.73 bits per heavy atom. The number of pyridine rings is 1. The van der Waals surface area contributed by atoms with E-state index in [0.29, 0.717) is 0 Å². The normalized spacial score (nSPS) is 8.00. The van der Waals surface area contributed by atoms with Crippen LogP contribution in [0, 0.1) is 0 Å². The van der Waals surface area contributed by atoms with Crippen LogP contribution in [0.1, 0.15) is 0 Å². The van der Waals surface area contributed by atoms with E-state index in [1.807, 2.05) is 18.2 Å². The molecule has 2 aromatic heterocycles. The van der Waals surface area contributed by atoms with Gasteiger partial charge < -0.3 is 0 Å². The van der Waals surface area contributed by atoms with Crippen LogP contribution in [0.3, 0.4) is 0 Å². The lowest BCUT2D eigenvalue weighted by atomic mass is 10.5. The molecule has 0 aromatic carbocycles. The first kappa shape index (κ1) is 7.40. The molecular formula is C7H8N4. The molecule has 2 heterocycles. The quantitative estimate of drug-likeness (QED) is 0.603. The zero-order valence-electron chi connectivity index (χ0n) is 5.88. The van der Waals surface area contributed by atoms with Gasteiger partial charge in [0.1, 0.15) is 12.7 Å². The zero-order valence-corrected chi connectivity index (χ0v) is 5.88. The number of aromatic amines is 1. The molecule has 0 bridgehead atoms. The molecule has 2 rings (SSSR count). The lowest BCUT2D eigenvalue weighted by Crippen LogP contribution is -1.58. The monoisotopic (exact) mass is 148 g/mol. The molecule has 56 valence electrons. The van der Waals surface area contributed by atoms with E-state index in [1.54, 1.807) is 12.4 Å². The van der Waals surface area contributed by atoms with Crippen molar-refractivity contribution in [2.24, 2.45) is 0 Å². The summed E-state index contributed by atoms with van der Waals surface area (Å²) in [5.74, 6) is 0. The second-order valence-electron chi connectivity index (χ2n) is 1.68. The molecule has 4 heteroatoms. The SMILES string of the molecule is c1ccncc1.c1nc[nH]n1. The number of nitrogens with one attached hydrogen (secondary N) is 1. The van der Waals surface area contributed by atoms with Gasteiger partial charge in [-0.05, 0) is 12.1 Å². The second-order valence-corrected chi connectivity index (χ2v) is 1.68. The van der Waals surface area contributed by atoms with Crippen molar-refractivity contribution in [1.82, 2.24) is 20.2 Å². The smallest absolute Gasteiger partial charge is 0.137 e. The Morgan fingerprint density at radius 3 is 1.91 bits per heavy atom. The molecule has 1 N–H and O–H groups in total. The van der Waals surface area contributed by atoms with Crippen LogP contribution >= 0.6 is 0 Å².